The molecule has 0 aliphatic rings. The van der Waals surface area contributed by atoms with Crippen molar-refractivity contribution in [3.63, 3.8) is 0 Å². The van der Waals surface area contributed by atoms with Crippen LogP contribution in [0, 0.1) is 11.8 Å². The molecule has 0 saturated carbocycles. The summed E-state index contributed by atoms with van der Waals surface area (Å²) < 4.78 is 0. The highest BCUT2D eigenvalue weighted by Crippen LogP contribution is 2.13. The normalized spacial score (nSPS) is 12.7. The molecule has 0 radical (unpaired) electrons. The van der Waals surface area contributed by atoms with E-state index in [2.05, 4.69) is 31.5 Å². The lowest BCUT2D eigenvalue weighted by atomic mass is 10.2. The molecule has 17 heavy (non-hydrogen) atoms. The molecule has 1 rings (SSSR count). The molecule has 1 N–H and O–H groups in total. The predicted molar refractivity (Wildman–Crippen MR) is 76.7 cm³/mol. The van der Waals surface area contributed by atoms with Gasteiger partial charge in [-0.2, -0.15) is 0 Å². The number of benzene rings is 1. The summed E-state index contributed by atoms with van der Waals surface area (Å²) in [6.45, 7) is 7.07. The molecule has 1 aromatic carbocycles. The molecule has 0 heterocycles. The number of aliphatic hydroxyl groups is 1. The van der Waals surface area contributed by atoms with Crippen LogP contribution < -0.4 is 0 Å². The van der Waals surface area contributed by atoms with Gasteiger partial charge in [0, 0.05) is 13.6 Å². The largest absolute Gasteiger partial charge is 0.380 e. The Morgan fingerprint density at radius 2 is 1.82 bits per heavy atom. The number of hydrogen-bond acceptors (Lipinski definition) is 1. The van der Waals surface area contributed by atoms with Gasteiger partial charge in [-0.05, 0) is 18.6 Å². The lowest BCUT2D eigenvalue weighted by Crippen LogP contribution is -2.19. The van der Waals surface area contributed by atoms with E-state index < -0.39 is 14.2 Å². The van der Waals surface area contributed by atoms with Crippen LogP contribution in [0.3, 0.4) is 0 Å². The second-order valence-corrected chi connectivity index (χ2v) is 11.2. The van der Waals surface area contributed by atoms with Gasteiger partial charge in [-0.25, -0.2) is 0 Å². The Labute approximate surface area is 106 Å². The summed E-state index contributed by atoms with van der Waals surface area (Å²) in [6.07, 6.45) is 1.40. The van der Waals surface area contributed by atoms with Crippen LogP contribution in [0.2, 0.25) is 25.7 Å². The molecular weight excluding hydrogens is 224 g/mol. The van der Waals surface area contributed by atoms with Crippen molar-refractivity contribution in [1.82, 2.24) is 0 Å². The molecule has 92 valence electrons. The van der Waals surface area contributed by atoms with Crippen molar-refractivity contribution in [1.29, 1.82) is 0 Å². The topological polar surface area (TPSA) is 20.2 Å². The zero-order valence-corrected chi connectivity index (χ0v) is 12.0. The van der Waals surface area contributed by atoms with Gasteiger partial charge in [0.25, 0.3) is 0 Å². The molecule has 0 bridgehead atoms. The third-order valence-electron chi connectivity index (χ3n) is 2.56. The number of aliphatic hydroxyl groups excluding tert-OH is 1. The number of hydrogen-bond donors (Lipinski definition) is 1. The van der Waals surface area contributed by atoms with Crippen molar-refractivity contribution in [3.8, 4) is 11.8 Å². The van der Waals surface area contributed by atoms with E-state index in [1.165, 1.54) is 6.04 Å². The van der Waals surface area contributed by atoms with Gasteiger partial charge in [0.15, 0.2) is 0 Å². The first kappa shape index (κ1) is 14.0. The Morgan fingerprint density at radius 1 is 1.18 bits per heavy atom. The second kappa shape index (κ2) is 6.63. The van der Waals surface area contributed by atoms with Crippen molar-refractivity contribution in [2.24, 2.45) is 0 Å². The highest BCUT2D eigenvalue weighted by atomic mass is 28.3. The van der Waals surface area contributed by atoms with Gasteiger partial charge in [-0.3, -0.25) is 0 Å². The van der Waals surface area contributed by atoms with Crippen LogP contribution in [0.25, 0.3) is 0 Å². The lowest BCUT2D eigenvalue weighted by molar-refractivity contribution is 0.221. The average Bonchev–Trinajstić information content (AvgIpc) is 2.26. The molecule has 1 atom stereocenters. The SMILES string of the molecule is C[Si](C)(C)CCCC(O)C#Cc1ccccc1. The average molecular weight is 246 g/mol. The molecule has 1 aromatic rings. The smallest absolute Gasteiger partial charge is 0.115 e. The maximum atomic E-state index is 9.75. The fraction of sp³-hybridized carbons (Fsp3) is 0.467. The molecule has 0 aliphatic heterocycles. The Kier molecular flexibility index (Phi) is 5.47. The van der Waals surface area contributed by atoms with E-state index in [4.69, 9.17) is 0 Å². The van der Waals surface area contributed by atoms with Crippen molar-refractivity contribution in [2.45, 2.75) is 44.6 Å². The molecule has 1 unspecified atom stereocenters. The lowest BCUT2D eigenvalue weighted by Gasteiger charge is -2.15. The van der Waals surface area contributed by atoms with E-state index >= 15 is 0 Å². The van der Waals surface area contributed by atoms with Crippen molar-refractivity contribution < 1.29 is 5.11 Å². The van der Waals surface area contributed by atoms with Gasteiger partial charge in [-0.1, -0.05) is 62.1 Å². The van der Waals surface area contributed by atoms with Crippen LogP contribution in [0.4, 0.5) is 0 Å². The first-order valence-electron chi connectivity index (χ1n) is 6.22. The monoisotopic (exact) mass is 246 g/mol. The summed E-state index contributed by atoms with van der Waals surface area (Å²) in [7, 11) is -0.970. The molecule has 0 fully saturated rings. The Balaban J connectivity index is 2.35. The summed E-state index contributed by atoms with van der Waals surface area (Å²) in [6, 6.07) is 11.1. The summed E-state index contributed by atoms with van der Waals surface area (Å²) in [5.41, 5.74) is 0.969. The molecule has 0 amide bonds. The molecule has 0 aliphatic carbocycles. The molecular formula is C15H22OSi. The molecule has 1 nitrogen and oxygen atoms in total. The summed E-state index contributed by atoms with van der Waals surface area (Å²) in [5, 5.41) is 9.75. The zero-order chi connectivity index (χ0) is 12.7. The summed E-state index contributed by atoms with van der Waals surface area (Å²) in [4.78, 5) is 0. The first-order chi connectivity index (χ1) is 7.97. The van der Waals surface area contributed by atoms with E-state index in [0.29, 0.717) is 0 Å². The standard InChI is InChI=1S/C15H22OSi/c1-17(2,3)13-7-10-15(16)12-11-14-8-5-4-6-9-14/h4-6,8-9,15-16H,7,10,13H2,1-3H3. The van der Waals surface area contributed by atoms with Crippen LogP contribution in [0.15, 0.2) is 30.3 Å². The minimum absolute atomic E-state index is 0.480. The number of rotatable bonds is 4. The van der Waals surface area contributed by atoms with E-state index in [0.717, 1.165) is 18.4 Å². The van der Waals surface area contributed by atoms with Gasteiger partial charge < -0.3 is 5.11 Å². The van der Waals surface area contributed by atoms with Crippen LogP contribution >= 0.6 is 0 Å². The molecule has 2 heteroatoms. The fourth-order valence-electron chi connectivity index (χ4n) is 1.59. The predicted octanol–water partition coefficient (Wildman–Crippen LogP) is 3.52. The minimum Gasteiger partial charge on any atom is -0.380 e. The molecule has 0 aromatic heterocycles. The van der Waals surface area contributed by atoms with Crippen molar-refractivity contribution >= 4 is 8.07 Å². The fourth-order valence-corrected chi connectivity index (χ4v) is 2.85. The van der Waals surface area contributed by atoms with Gasteiger partial charge in [0.05, 0.1) is 0 Å². The van der Waals surface area contributed by atoms with E-state index in [9.17, 15) is 5.11 Å². The maximum absolute atomic E-state index is 9.75. The van der Waals surface area contributed by atoms with Crippen molar-refractivity contribution in [2.75, 3.05) is 0 Å². The van der Waals surface area contributed by atoms with Crippen molar-refractivity contribution in [3.05, 3.63) is 35.9 Å². The van der Waals surface area contributed by atoms with E-state index in [-0.39, 0.29) is 0 Å². The second-order valence-electron chi connectivity index (χ2n) is 5.60. The first-order valence-corrected chi connectivity index (χ1v) is 9.93. The third-order valence-corrected chi connectivity index (χ3v) is 4.41. The van der Waals surface area contributed by atoms with Crippen LogP contribution in [-0.4, -0.2) is 19.3 Å². The Hall–Kier alpha value is -1.04. The van der Waals surface area contributed by atoms with E-state index in [1.54, 1.807) is 0 Å². The van der Waals surface area contributed by atoms with Gasteiger partial charge in [0.2, 0.25) is 0 Å². The third kappa shape index (κ3) is 6.99. The van der Waals surface area contributed by atoms with Gasteiger partial charge in [-0.15, -0.1) is 0 Å². The minimum atomic E-state index is -0.970. The highest BCUT2D eigenvalue weighted by molar-refractivity contribution is 6.76. The summed E-state index contributed by atoms with van der Waals surface area (Å²) in [5.74, 6) is 5.91. The quantitative estimate of drug-likeness (QED) is 0.636. The summed E-state index contributed by atoms with van der Waals surface area (Å²) >= 11 is 0. The van der Waals surface area contributed by atoms with Gasteiger partial charge >= 0.3 is 0 Å². The van der Waals surface area contributed by atoms with Crippen LogP contribution in [-0.2, 0) is 0 Å². The molecule has 0 saturated heterocycles. The highest BCUT2D eigenvalue weighted by Gasteiger charge is 2.12. The van der Waals surface area contributed by atoms with Crippen LogP contribution in [0.5, 0.6) is 0 Å². The zero-order valence-electron chi connectivity index (χ0n) is 11.0. The Bertz CT molecular complexity index is 381. The molecule has 0 spiro atoms. The van der Waals surface area contributed by atoms with Crippen LogP contribution in [0.1, 0.15) is 18.4 Å². The Morgan fingerprint density at radius 3 is 2.41 bits per heavy atom. The maximum Gasteiger partial charge on any atom is 0.115 e. The van der Waals surface area contributed by atoms with E-state index in [1.807, 2.05) is 30.3 Å². The van der Waals surface area contributed by atoms with Gasteiger partial charge in [0.1, 0.15) is 6.10 Å².